The number of hydrogen-bond acceptors (Lipinski definition) is 2. The van der Waals surface area contributed by atoms with Gasteiger partial charge in [-0.3, -0.25) is 4.79 Å². The maximum atomic E-state index is 11.6. The second kappa shape index (κ2) is 2.61. The number of aliphatic hydroxyl groups is 1. The van der Waals surface area contributed by atoms with Gasteiger partial charge in [-0.05, 0) is 25.7 Å². The van der Waals surface area contributed by atoms with E-state index in [1.54, 1.807) is 0 Å². The van der Waals surface area contributed by atoms with E-state index in [4.69, 9.17) is 0 Å². The highest BCUT2D eigenvalue weighted by atomic mass is 16.3. The van der Waals surface area contributed by atoms with Gasteiger partial charge in [0.1, 0.15) is 5.76 Å². The third kappa shape index (κ3) is 0.904. The molecule has 1 saturated carbocycles. The first-order valence-corrected chi connectivity index (χ1v) is 4.70. The number of aliphatic hydroxyl groups excluding tert-OH is 1. The average Bonchev–Trinajstić information content (AvgIpc) is 2.48. The van der Waals surface area contributed by atoms with Crippen molar-refractivity contribution in [2.24, 2.45) is 11.8 Å². The molecule has 2 rings (SSSR count). The lowest BCUT2D eigenvalue weighted by molar-refractivity contribution is -0.119. The van der Waals surface area contributed by atoms with Crippen LogP contribution in [0.15, 0.2) is 11.3 Å². The third-order valence-electron chi connectivity index (χ3n) is 3.15. The maximum absolute atomic E-state index is 11.6. The molecule has 0 amide bonds. The summed E-state index contributed by atoms with van der Waals surface area (Å²) in [5.74, 6) is 1.16. The lowest BCUT2D eigenvalue weighted by Crippen LogP contribution is -2.21. The van der Waals surface area contributed by atoms with Gasteiger partial charge in [-0.2, -0.15) is 0 Å². The monoisotopic (exact) mass is 166 g/mol. The number of carbonyl (C=O) groups excluding carboxylic acids is 1. The first-order chi connectivity index (χ1) is 5.74. The van der Waals surface area contributed by atoms with Crippen LogP contribution in [0.2, 0.25) is 0 Å². The summed E-state index contributed by atoms with van der Waals surface area (Å²) in [4.78, 5) is 11.6. The molecule has 0 radical (unpaired) electrons. The molecule has 0 aliphatic heterocycles. The fourth-order valence-electron chi connectivity index (χ4n) is 2.44. The van der Waals surface area contributed by atoms with Crippen LogP contribution in [0.1, 0.15) is 32.6 Å². The summed E-state index contributed by atoms with van der Waals surface area (Å²) in [6.45, 7) is 1.94. The van der Waals surface area contributed by atoms with Crippen LogP contribution in [0.3, 0.4) is 0 Å². The molecular formula is C10H14O2. The van der Waals surface area contributed by atoms with E-state index in [0.29, 0.717) is 23.7 Å². The molecule has 2 aliphatic rings. The number of hydrogen-bond donors (Lipinski definition) is 1. The molecule has 12 heavy (non-hydrogen) atoms. The van der Waals surface area contributed by atoms with Crippen molar-refractivity contribution in [2.75, 3.05) is 0 Å². The smallest absolute Gasteiger partial charge is 0.165 e. The van der Waals surface area contributed by atoms with Gasteiger partial charge in [0.2, 0.25) is 0 Å². The zero-order valence-electron chi connectivity index (χ0n) is 7.34. The highest BCUT2D eigenvalue weighted by molar-refractivity contribution is 5.98. The second-order valence-electron chi connectivity index (χ2n) is 3.79. The molecule has 2 nitrogen and oxygen atoms in total. The molecule has 0 saturated heterocycles. The first-order valence-electron chi connectivity index (χ1n) is 4.70. The molecule has 2 bridgehead atoms. The average molecular weight is 166 g/mol. The minimum absolute atomic E-state index is 0.212. The lowest BCUT2D eigenvalue weighted by atomic mass is 9.85. The summed E-state index contributed by atoms with van der Waals surface area (Å²) in [5, 5.41) is 9.68. The molecule has 2 aliphatic carbocycles. The number of Topliss-reactive ketones (excluding diaryl/α,β-unsaturated/α-hetero) is 1. The summed E-state index contributed by atoms with van der Waals surface area (Å²) in [5.41, 5.74) is 0.703. The van der Waals surface area contributed by atoms with E-state index < -0.39 is 0 Å². The van der Waals surface area contributed by atoms with Crippen LogP contribution in [-0.4, -0.2) is 10.9 Å². The second-order valence-corrected chi connectivity index (χ2v) is 3.79. The van der Waals surface area contributed by atoms with Gasteiger partial charge in [0, 0.05) is 17.4 Å². The molecule has 0 spiro atoms. The van der Waals surface area contributed by atoms with Crippen LogP contribution < -0.4 is 0 Å². The van der Waals surface area contributed by atoms with Crippen molar-refractivity contribution in [1.29, 1.82) is 0 Å². The van der Waals surface area contributed by atoms with E-state index in [1.807, 2.05) is 6.92 Å². The van der Waals surface area contributed by atoms with Crippen molar-refractivity contribution >= 4 is 5.78 Å². The van der Waals surface area contributed by atoms with Gasteiger partial charge in [-0.1, -0.05) is 6.92 Å². The molecule has 0 aromatic heterocycles. The van der Waals surface area contributed by atoms with Crippen LogP contribution in [0, 0.1) is 11.8 Å². The van der Waals surface area contributed by atoms with Gasteiger partial charge in [0.15, 0.2) is 5.78 Å². The summed E-state index contributed by atoms with van der Waals surface area (Å²) in [7, 11) is 0. The number of allylic oxidation sites excluding steroid dienone is 2. The van der Waals surface area contributed by atoms with Crippen molar-refractivity contribution in [3.05, 3.63) is 11.3 Å². The summed E-state index contributed by atoms with van der Waals surface area (Å²) in [6, 6.07) is 0. The lowest BCUT2D eigenvalue weighted by Gasteiger charge is -2.20. The molecule has 1 fully saturated rings. The Morgan fingerprint density at radius 3 is 2.75 bits per heavy atom. The molecule has 2 atom stereocenters. The van der Waals surface area contributed by atoms with Crippen molar-refractivity contribution in [3.63, 3.8) is 0 Å². The predicted molar refractivity (Wildman–Crippen MR) is 45.8 cm³/mol. The topological polar surface area (TPSA) is 37.3 Å². The minimum atomic E-state index is 0.212. The third-order valence-corrected chi connectivity index (χ3v) is 3.15. The molecular weight excluding hydrogens is 152 g/mol. The van der Waals surface area contributed by atoms with Crippen LogP contribution in [0.25, 0.3) is 0 Å². The van der Waals surface area contributed by atoms with Gasteiger partial charge in [-0.15, -0.1) is 0 Å². The summed E-state index contributed by atoms with van der Waals surface area (Å²) >= 11 is 0. The Morgan fingerprint density at radius 2 is 2.08 bits per heavy atom. The zero-order chi connectivity index (χ0) is 8.72. The fourth-order valence-corrected chi connectivity index (χ4v) is 2.44. The highest BCUT2D eigenvalue weighted by Gasteiger charge is 2.39. The Balaban J connectivity index is 2.39. The quantitative estimate of drug-likeness (QED) is 0.648. The first kappa shape index (κ1) is 7.84. The van der Waals surface area contributed by atoms with Crippen LogP contribution in [0.5, 0.6) is 0 Å². The van der Waals surface area contributed by atoms with Crippen molar-refractivity contribution in [1.82, 2.24) is 0 Å². The largest absolute Gasteiger partial charge is 0.512 e. The van der Waals surface area contributed by atoms with Gasteiger partial charge in [-0.25, -0.2) is 0 Å². The normalized spacial score (nSPS) is 34.6. The Bertz CT molecular complexity index is 253. The molecule has 2 heteroatoms. The molecule has 66 valence electrons. The van der Waals surface area contributed by atoms with E-state index >= 15 is 0 Å². The molecule has 0 aromatic carbocycles. The number of rotatable bonds is 1. The van der Waals surface area contributed by atoms with Gasteiger partial charge >= 0.3 is 0 Å². The standard InChI is InChI=1S/C10H14O2/c1-2-8-9(11)6-3-4-7(5-6)10(8)12/h6-7,11H,2-5H2,1H3. The van der Waals surface area contributed by atoms with E-state index in [1.165, 1.54) is 0 Å². The molecule has 0 heterocycles. The number of carbonyl (C=O) groups is 1. The summed E-state index contributed by atoms with van der Waals surface area (Å²) < 4.78 is 0. The van der Waals surface area contributed by atoms with E-state index in [0.717, 1.165) is 19.3 Å². The van der Waals surface area contributed by atoms with Crippen molar-refractivity contribution in [3.8, 4) is 0 Å². The maximum Gasteiger partial charge on any atom is 0.165 e. The predicted octanol–water partition coefficient (Wildman–Crippen LogP) is 2.21. The van der Waals surface area contributed by atoms with E-state index in [2.05, 4.69) is 0 Å². The van der Waals surface area contributed by atoms with E-state index in [9.17, 15) is 9.90 Å². The van der Waals surface area contributed by atoms with Crippen molar-refractivity contribution < 1.29 is 9.90 Å². The molecule has 0 aromatic rings. The highest BCUT2D eigenvalue weighted by Crippen LogP contribution is 2.42. The van der Waals surface area contributed by atoms with Crippen LogP contribution in [-0.2, 0) is 4.79 Å². The molecule has 2 unspecified atom stereocenters. The van der Waals surface area contributed by atoms with Gasteiger partial charge < -0.3 is 5.11 Å². The Hall–Kier alpha value is -0.790. The van der Waals surface area contributed by atoms with Gasteiger partial charge in [0.25, 0.3) is 0 Å². The fraction of sp³-hybridized carbons (Fsp3) is 0.700. The summed E-state index contributed by atoms with van der Waals surface area (Å²) in [6.07, 6.45) is 3.58. The Kier molecular flexibility index (Phi) is 1.71. The number of ketones is 1. The Morgan fingerprint density at radius 1 is 1.42 bits per heavy atom. The van der Waals surface area contributed by atoms with Crippen LogP contribution in [0.4, 0.5) is 0 Å². The zero-order valence-corrected chi connectivity index (χ0v) is 7.34. The number of fused-ring (bicyclic) bond motifs is 2. The molecule has 1 N–H and O–H groups in total. The minimum Gasteiger partial charge on any atom is -0.512 e. The van der Waals surface area contributed by atoms with Crippen molar-refractivity contribution in [2.45, 2.75) is 32.6 Å². The Labute approximate surface area is 72.3 Å². The van der Waals surface area contributed by atoms with E-state index in [-0.39, 0.29) is 11.7 Å². The SMILES string of the molecule is CCC1=C(O)C2CCC(C2)C1=O. The van der Waals surface area contributed by atoms with Gasteiger partial charge in [0.05, 0.1) is 0 Å². The van der Waals surface area contributed by atoms with Crippen LogP contribution >= 0.6 is 0 Å².